The third-order valence-corrected chi connectivity index (χ3v) is 4.03. The van der Waals surface area contributed by atoms with Crippen molar-refractivity contribution < 1.29 is 5.11 Å². The van der Waals surface area contributed by atoms with Gasteiger partial charge in [0.25, 0.3) is 0 Å². The number of hydrogen-bond donors (Lipinski definition) is 1. The quantitative estimate of drug-likeness (QED) is 0.521. The molecule has 0 bridgehead atoms. The Morgan fingerprint density at radius 2 is 1.68 bits per heavy atom. The molecular formula is C16H24BrClO. The van der Waals surface area contributed by atoms with Crippen molar-refractivity contribution in [3.8, 4) is 0 Å². The number of aliphatic hydroxyl groups excluding tert-OH is 1. The Morgan fingerprint density at radius 1 is 1.05 bits per heavy atom. The van der Waals surface area contributed by atoms with Gasteiger partial charge in [-0.05, 0) is 30.2 Å². The van der Waals surface area contributed by atoms with E-state index in [9.17, 15) is 5.11 Å². The van der Waals surface area contributed by atoms with Crippen LogP contribution in [0.5, 0.6) is 0 Å². The number of rotatable bonds is 9. The van der Waals surface area contributed by atoms with Crippen molar-refractivity contribution in [1.82, 2.24) is 0 Å². The molecule has 0 saturated heterocycles. The SMILES string of the molecule is CCCCCCCCCC(O)c1cc(Cl)cc(Br)c1. The van der Waals surface area contributed by atoms with Gasteiger partial charge in [0.1, 0.15) is 0 Å². The molecule has 1 rings (SSSR count). The van der Waals surface area contributed by atoms with E-state index in [-0.39, 0.29) is 0 Å². The lowest BCUT2D eigenvalue weighted by atomic mass is 10.0. The van der Waals surface area contributed by atoms with E-state index in [0.717, 1.165) is 22.9 Å². The van der Waals surface area contributed by atoms with E-state index in [2.05, 4.69) is 22.9 Å². The van der Waals surface area contributed by atoms with Crippen LogP contribution in [0.3, 0.4) is 0 Å². The van der Waals surface area contributed by atoms with E-state index in [4.69, 9.17) is 11.6 Å². The molecule has 1 N–H and O–H groups in total. The van der Waals surface area contributed by atoms with E-state index in [1.165, 1.54) is 38.5 Å². The molecule has 0 aliphatic carbocycles. The maximum atomic E-state index is 10.1. The topological polar surface area (TPSA) is 20.2 Å². The highest BCUT2D eigenvalue weighted by atomic mass is 79.9. The van der Waals surface area contributed by atoms with Crippen LogP contribution in [0.15, 0.2) is 22.7 Å². The lowest BCUT2D eigenvalue weighted by Gasteiger charge is -2.12. The molecule has 0 heterocycles. The molecule has 0 spiro atoms. The van der Waals surface area contributed by atoms with Crippen LogP contribution in [0.1, 0.15) is 70.0 Å². The molecule has 3 heteroatoms. The number of hydrogen-bond acceptors (Lipinski definition) is 1. The van der Waals surface area contributed by atoms with Gasteiger partial charge in [-0.2, -0.15) is 0 Å². The Morgan fingerprint density at radius 3 is 2.32 bits per heavy atom. The summed E-state index contributed by atoms with van der Waals surface area (Å²) < 4.78 is 0.925. The number of aliphatic hydroxyl groups is 1. The van der Waals surface area contributed by atoms with E-state index in [1.54, 1.807) is 0 Å². The first-order chi connectivity index (χ1) is 9.13. The Hall–Kier alpha value is -0.0500. The number of halogens is 2. The predicted molar refractivity (Wildman–Crippen MR) is 86.7 cm³/mol. The fraction of sp³-hybridized carbons (Fsp3) is 0.625. The molecule has 0 aliphatic heterocycles. The largest absolute Gasteiger partial charge is 0.388 e. The maximum absolute atomic E-state index is 10.1. The van der Waals surface area contributed by atoms with Gasteiger partial charge in [-0.1, -0.05) is 79.4 Å². The van der Waals surface area contributed by atoms with E-state index < -0.39 is 6.10 Å². The lowest BCUT2D eigenvalue weighted by Crippen LogP contribution is -1.97. The Bertz CT molecular complexity index is 348. The standard InChI is InChI=1S/C16H24BrClO/c1-2-3-4-5-6-7-8-9-16(19)13-10-14(17)12-15(18)11-13/h10-12,16,19H,2-9H2,1H3. The molecular weight excluding hydrogens is 324 g/mol. The van der Waals surface area contributed by atoms with Crippen LogP contribution in [0.4, 0.5) is 0 Å². The molecule has 19 heavy (non-hydrogen) atoms. The summed E-state index contributed by atoms with van der Waals surface area (Å²) in [4.78, 5) is 0. The third-order valence-electron chi connectivity index (χ3n) is 3.35. The highest BCUT2D eigenvalue weighted by Crippen LogP contribution is 2.26. The first kappa shape index (κ1) is 17.0. The maximum Gasteiger partial charge on any atom is 0.0791 e. The molecule has 108 valence electrons. The fourth-order valence-corrected chi connectivity index (χ4v) is 3.12. The van der Waals surface area contributed by atoms with Crippen molar-refractivity contribution in [1.29, 1.82) is 0 Å². The first-order valence-electron chi connectivity index (χ1n) is 7.27. The van der Waals surface area contributed by atoms with Crippen molar-refractivity contribution in [2.75, 3.05) is 0 Å². The third kappa shape index (κ3) is 7.34. The first-order valence-corrected chi connectivity index (χ1v) is 8.44. The van der Waals surface area contributed by atoms with Crippen LogP contribution in [0, 0.1) is 0 Å². The normalized spacial score (nSPS) is 12.6. The van der Waals surface area contributed by atoms with Gasteiger partial charge in [-0.25, -0.2) is 0 Å². The highest BCUT2D eigenvalue weighted by molar-refractivity contribution is 9.10. The smallest absolute Gasteiger partial charge is 0.0791 e. The minimum Gasteiger partial charge on any atom is -0.388 e. The molecule has 1 nitrogen and oxygen atoms in total. The summed E-state index contributed by atoms with van der Waals surface area (Å²) in [5, 5.41) is 10.8. The van der Waals surface area contributed by atoms with Crippen molar-refractivity contribution in [3.05, 3.63) is 33.3 Å². The zero-order valence-electron chi connectivity index (χ0n) is 11.7. The zero-order chi connectivity index (χ0) is 14.1. The van der Waals surface area contributed by atoms with Gasteiger partial charge < -0.3 is 5.11 Å². The highest BCUT2D eigenvalue weighted by Gasteiger charge is 2.08. The van der Waals surface area contributed by atoms with Gasteiger partial charge in [-0.15, -0.1) is 0 Å². The lowest BCUT2D eigenvalue weighted by molar-refractivity contribution is 0.163. The van der Waals surface area contributed by atoms with Gasteiger partial charge in [0, 0.05) is 9.50 Å². The van der Waals surface area contributed by atoms with Crippen LogP contribution < -0.4 is 0 Å². The monoisotopic (exact) mass is 346 g/mol. The molecule has 0 aliphatic rings. The van der Waals surface area contributed by atoms with Crippen LogP contribution >= 0.6 is 27.5 Å². The van der Waals surface area contributed by atoms with Crippen LogP contribution in [0.2, 0.25) is 5.02 Å². The summed E-state index contributed by atoms with van der Waals surface area (Å²) in [6.07, 6.45) is 9.31. The average Bonchev–Trinajstić information content (AvgIpc) is 2.36. The molecule has 0 fully saturated rings. The van der Waals surface area contributed by atoms with Crippen molar-refractivity contribution in [2.45, 2.75) is 64.4 Å². The summed E-state index contributed by atoms with van der Waals surface area (Å²) in [7, 11) is 0. The second-order valence-electron chi connectivity index (χ2n) is 5.13. The molecule has 1 aromatic rings. The molecule has 0 radical (unpaired) electrons. The number of unbranched alkanes of at least 4 members (excludes halogenated alkanes) is 6. The number of benzene rings is 1. The minimum absolute atomic E-state index is 0.398. The summed E-state index contributed by atoms with van der Waals surface area (Å²) in [5.74, 6) is 0. The fourth-order valence-electron chi connectivity index (χ4n) is 2.23. The molecule has 0 aromatic heterocycles. The summed E-state index contributed by atoms with van der Waals surface area (Å²) in [5.41, 5.74) is 0.908. The van der Waals surface area contributed by atoms with E-state index >= 15 is 0 Å². The van der Waals surface area contributed by atoms with Gasteiger partial charge >= 0.3 is 0 Å². The second-order valence-corrected chi connectivity index (χ2v) is 6.48. The Kier molecular flexibility index (Phi) is 8.76. The van der Waals surface area contributed by atoms with Crippen LogP contribution in [0.25, 0.3) is 0 Å². The zero-order valence-corrected chi connectivity index (χ0v) is 14.0. The Balaban J connectivity index is 2.22. The van der Waals surface area contributed by atoms with Gasteiger partial charge in [0.05, 0.1) is 6.10 Å². The Labute approximate surface area is 130 Å². The van der Waals surface area contributed by atoms with Crippen molar-refractivity contribution >= 4 is 27.5 Å². The van der Waals surface area contributed by atoms with Gasteiger partial charge in [0.15, 0.2) is 0 Å². The minimum atomic E-state index is -0.398. The molecule has 1 atom stereocenters. The summed E-state index contributed by atoms with van der Waals surface area (Å²) in [6.45, 7) is 2.24. The average molecular weight is 348 g/mol. The van der Waals surface area contributed by atoms with Crippen LogP contribution in [-0.2, 0) is 0 Å². The molecule has 1 aromatic carbocycles. The van der Waals surface area contributed by atoms with Crippen LogP contribution in [-0.4, -0.2) is 5.11 Å². The van der Waals surface area contributed by atoms with E-state index in [0.29, 0.717) is 5.02 Å². The summed E-state index contributed by atoms with van der Waals surface area (Å²) in [6, 6.07) is 5.63. The van der Waals surface area contributed by atoms with Gasteiger partial charge in [-0.3, -0.25) is 0 Å². The molecule has 1 unspecified atom stereocenters. The van der Waals surface area contributed by atoms with Crippen molar-refractivity contribution in [3.63, 3.8) is 0 Å². The molecule has 0 saturated carbocycles. The molecule has 0 amide bonds. The second kappa shape index (κ2) is 9.79. The predicted octanol–water partition coefficient (Wildman–Crippen LogP) is 6.28. The summed E-state index contributed by atoms with van der Waals surface area (Å²) >= 11 is 9.39. The van der Waals surface area contributed by atoms with E-state index in [1.807, 2.05) is 18.2 Å². The van der Waals surface area contributed by atoms with Crippen molar-refractivity contribution in [2.24, 2.45) is 0 Å². The van der Waals surface area contributed by atoms with Gasteiger partial charge in [0.2, 0.25) is 0 Å².